The van der Waals surface area contributed by atoms with E-state index in [9.17, 15) is 14.4 Å². The molecule has 2 N–H and O–H groups in total. The van der Waals surface area contributed by atoms with E-state index in [-0.39, 0.29) is 11.5 Å². The van der Waals surface area contributed by atoms with Gasteiger partial charge in [-0.1, -0.05) is 18.2 Å². The van der Waals surface area contributed by atoms with E-state index >= 15 is 0 Å². The second-order valence-electron chi connectivity index (χ2n) is 7.85. The van der Waals surface area contributed by atoms with E-state index < -0.39 is 12.1 Å². The van der Waals surface area contributed by atoms with Crippen molar-refractivity contribution in [3.05, 3.63) is 84.1 Å². The Hall–Kier alpha value is -4.79. The Balaban J connectivity index is 1.59. The number of fused-ring (bicyclic) bond motifs is 1. The topological polar surface area (TPSA) is 120 Å². The highest BCUT2D eigenvalue weighted by molar-refractivity contribution is 6.00. The number of benzene rings is 3. The van der Waals surface area contributed by atoms with Crippen LogP contribution in [0.3, 0.4) is 0 Å². The predicted octanol–water partition coefficient (Wildman–Crippen LogP) is 4.37. The molecule has 2 amide bonds. The average Bonchev–Trinajstić information content (AvgIpc) is 2.88. The second-order valence-corrected chi connectivity index (χ2v) is 7.85. The van der Waals surface area contributed by atoms with Gasteiger partial charge in [-0.15, -0.1) is 0 Å². The van der Waals surface area contributed by atoms with Gasteiger partial charge in [-0.25, -0.2) is 19.6 Å². The molecule has 0 aliphatic carbocycles. The molecular weight excluding hydrogens is 460 g/mol. The van der Waals surface area contributed by atoms with Gasteiger partial charge in [-0.05, 0) is 54.6 Å². The van der Waals surface area contributed by atoms with Crippen molar-refractivity contribution in [3.63, 3.8) is 0 Å². The molecule has 0 bridgehead atoms. The molecule has 182 valence electrons. The summed E-state index contributed by atoms with van der Waals surface area (Å²) in [6, 6.07) is 20.7. The summed E-state index contributed by atoms with van der Waals surface area (Å²) in [5.41, 5.74) is 4.04. The van der Waals surface area contributed by atoms with Gasteiger partial charge in [-0.2, -0.15) is 0 Å². The highest BCUT2D eigenvalue weighted by Crippen LogP contribution is 2.27. The molecule has 1 aromatic heterocycles. The van der Waals surface area contributed by atoms with E-state index in [0.29, 0.717) is 41.1 Å². The van der Waals surface area contributed by atoms with Gasteiger partial charge in [0.2, 0.25) is 5.91 Å². The number of rotatable bonds is 7. The fourth-order valence-electron chi connectivity index (χ4n) is 3.54. The van der Waals surface area contributed by atoms with Crippen molar-refractivity contribution in [3.8, 4) is 17.0 Å². The van der Waals surface area contributed by atoms with Crippen LogP contribution in [0.4, 0.5) is 10.5 Å². The number of carbonyl (C=O) groups is 3. The monoisotopic (exact) mass is 484 g/mol. The second kappa shape index (κ2) is 11.1. The normalized spacial score (nSPS) is 10.5. The van der Waals surface area contributed by atoms with Crippen molar-refractivity contribution >= 4 is 34.7 Å². The highest BCUT2D eigenvalue weighted by atomic mass is 16.6. The Morgan fingerprint density at radius 1 is 0.889 bits per heavy atom. The van der Waals surface area contributed by atoms with Gasteiger partial charge in [0.25, 0.3) is 0 Å². The lowest BCUT2D eigenvalue weighted by molar-refractivity contribution is -0.118. The molecule has 9 heteroatoms. The lowest BCUT2D eigenvalue weighted by Gasteiger charge is -2.12. The predicted molar refractivity (Wildman–Crippen MR) is 135 cm³/mol. The van der Waals surface area contributed by atoms with Crippen LogP contribution in [0.1, 0.15) is 23.0 Å². The molecule has 0 saturated heterocycles. The number of ether oxygens (including phenoxy) is 2. The maximum atomic E-state index is 12.3. The van der Waals surface area contributed by atoms with E-state index in [0.717, 1.165) is 11.3 Å². The molecule has 0 atom stereocenters. The van der Waals surface area contributed by atoms with E-state index in [1.165, 1.54) is 6.92 Å². The molecule has 1 heterocycles. The number of hydrogen-bond donors (Lipinski definition) is 2. The SMILES string of the molecule is COc1ccc(-c2nc3ccc(NC(=O)OC(=O)c4ccccc4)cc3nc2CCNC(C)=O)cc1. The maximum absolute atomic E-state index is 12.3. The smallest absolute Gasteiger partial charge is 0.419 e. The van der Waals surface area contributed by atoms with Gasteiger partial charge in [0.15, 0.2) is 0 Å². The average molecular weight is 485 g/mol. The molecule has 0 fully saturated rings. The number of methoxy groups -OCH3 is 1. The molecule has 0 unspecified atom stereocenters. The van der Waals surface area contributed by atoms with Crippen molar-refractivity contribution in [1.29, 1.82) is 0 Å². The zero-order valence-electron chi connectivity index (χ0n) is 19.8. The number of hydrogen-bond acceptors (Lipinski definition) is 7. The number of aromatic nitrogens is 2. The summed E-state index contributed by atoms with van der Waals surface area (Å²) in [6.07, 6.45) is -0.452. The zero-order valence-corrected chi connectivity index (χ0v) is 19.8. The van der Waals surface area contributed by atoms with Crippen LogP contribution in [0.15, 0.2) is 72.8 Å². The van der Waals surface area contributed by atoms with E-state index in [2.05, 4.69) is 10.6 Å². The van der Waals surface area contributed by atoms with E-state index in [4.69, 9.17) is 19.4 Å². The first kappa shape index (κ1) is 24.3. The van der Waals surface area contributed by atoms with Gasteiger partial charge < -0.3 is 14.8 Å². The van der Waals surface area contributed by atoms with Gasteiger partial charge in [0.05, 0.1) is 35.1 Å². The van der Waals surface area contributed by atoms with Crippen LogP contribution < -0.4 is 15.4 Å². The van der Waals surface area contributed by atoms with Crippen LogP contribution >= 0.6 is 0 Å². The number of carbonyl (C=O) groups excluding carboxylic acids is 3. The van der Waals surface area contributed by atoms with Gasteiger partial charge >= 0.3 is 12.1 Å². The van der Waals surface area contributed by atoms with Crippen molar-refractivity contribution in [2.75, 3.05) is 19.0 Å². The van der Waals surface area contributed by atoms with Crippen LogP contribution in [0.25, 0.3) is 22.3 Å². The summed E-state index contributed by atoms with van der Waals surface area (Å²) in [5, 5.41) is 5.33. The van der Waals surface area contributed by atoms with Gasteiger partial charge in [0.1, 0.15) is 5.75 Å². The Labute approximate surface area is 207 Å². The zero-order chi connectivity index (χ0) is 25.5. The van der Waals surface area contributed by atoms with Crippen molar-refractivity contribution in [2.24, 2.45) is 0 Å². The Kier molecular flexibility index (Phi) is 7.50. The molecule has 4 rings (SSSR count). The minimum Gasteiger partial charge on any atom is -0.497 e. The standard InChI is InChI=1S/C27H24N4O5/c1-17(32)28-15-14-23-25(18-8-11-21(35-2)12-9-18)31-22-13-10-20(16-24(22)30-23)29-27(34)36-26(33)19-6-4-3-5-7-19/h3-13,16H,14-15H2,1-2H3,(H,28,32)(H,29,34). The van der Waals surface area contributed by atoms with Crippen LogP contribution in [-0.2, 0) is 16.0 Å². The van der Waals surface area contributed by atoms with Gasteiger partial charge in [-0.3, -0.25) is 10.1 Å². The highest BCUT2D eigenvalue weighted by Gasteiger charge is 2.15. The summed E-state index contributed by atoms with van der Waals surface area (Å²) in [4.78, 5) is 45.3. The molecule has 4 aromatic rings. The lowest BCUT2D eigenvalue weighted by atomic mass is 10.1. The molecular formula is C27H24N4O5. The fourth-order valence-corrected chi connectivity index (χ4v) is 3.54. The first-order chi connectivity index (χ1) is 17.4. The maximum Gasteiger partial charge on any atom is 0.419 e. The first-order valence-electron chi connectivity index (χ1n) is 11.2. The third kappa shape index (κ3) is 6.01. The number of nitrogens with zero attached hydrogens (tertiary/aromatic N) is 2. The summed E-state index contributed by atoms with van der Waals surface area (Å²) in [7, 11) is 1.60. The van der Waals surface area contributed by atoms with E-state index in [1.807, 2.05) is 24.3 Å². The molecule has 3 aromatic carbocycles. The first-order valence-corrected chi connectivity index (χ1v) is 11.2. The van der Waals surface area contributed by atoms with Crippen molar-refractivity contribution in [2.45, 2.75) is 13.3 Å². The minimum absolute atomic E-state index is 0.134. The summed E-state index contributed by atoms with van der Waals surface area (Å²) < 4.78 is 10.1. The largest absolute Gasteiger partial charge is 0.497 e. The molecule has 36 heavy (non-hydrogen) atoms. The number of esters is 1. The Bertz CT molecular complexity index is 1410. The van der Waals surface area contributed by atoms with Crippen LogP contribution in [-0.4, -0.2) is 41.6 Å². The van der Waals surface area contributed by atoms with Gasteiger partial charge in [0, 0.05) is 31.1 Å². The van der Waals surface area contributed by atoms with E-state index in [1.54, 1.807) is 55.6 Å². The van der Waals surface area contributed by atoms with Crippen LogP contribution in [0.5, 0.6) is 5.75 Å². The third-order valence-corrected chi connectivity index (χ3v) is 5.28. The minimum atomic E-state index is -0.906. The van der Waals surface area contributed by atoms with Crippen LogP contribution in [0.2, 0.25) is 0 Å². The molecule has 0 aliphatic rings. The Morgan fingerprint density at radius 2 is 1.64 bits per heavy atom. The van der Waals surface area contributed by atoms with Crippen molar-refractivity contribution < 1.29 is 23.9 Å². The molecule has 0 radical (unpaired) electrons. The molecule has 0 saturated carbocycles. The third-order valence-electron chi connectivity index (χ3n) is 5.28. The van der Waals surface area contributed by atoms with Crippen LogP contribution in [0, 0.1) is 0 Å². The molecule has 0 spiro atoms. The molecule has 0 aliphatic heterocycles. The summed E-state index contributed by atoms with van der Waals surface area (Å²) >= 11 is 0. The number of nitrogens with one attached hydrogen (secondary N) is 2. The number of amides is 2. The fraction of sp³-hybridized carbons (Fsp3) is 0.148. The quantitative estimate of drug-likeness (QED) is 0.295. The number of anilines is 1. The summed E-state index contributed by atoms with van der Waals surface area (Å²) in [5.74, 6) is -0.163. The summed E-state index contributed by atoms with van der Waals surface area (Å²) in [6.45, 7) is 1.85. The Morgan fingerprint density at radius 3 is 2.33 bits per heavy atom. The van der Waals surface area contributed by atoms with Crippen molar-refractivity contribution in [1.82, 2.24) is 15.3 Å². The molecule has 9 nitrogen and oxygen atoms in total. The lowest BCUT2D eigenvalue weighted by Crippen LogP contribution is -2.23.